The van der Waals surface area contributed by atoms with Gasteiger partial charge in [-0.1, -0.05) is 42.0 Å². The van der Waals surface area contributed by atoms with Crippen molar-refractivity contribution in [1.82, 2.24) is 4.98 Å². The van der Waals surface area contributed by atoms with Crippen LogP contribution in [-0.4, -0.2) is 23.7 Å². The fourth-order valence-corrected chi connectivity index (χ4v) is 4.34. The van der Waals surface area contributed by atoms with E-state index in [1.807, 2.05) is 12.1 Å². The van der Waals surface area contributed by atoms with E-state index in [4.69, 9.17) is 9.47 Å². The highest BCUT2D eigenvalue weighted by Crippen LogP contribution is 2.41. The maximum Gasteiger partial charge on any atom is 0.337 e. The lowest BCUT2D eigenvalue weighted by Crippen LogP contribution is -2.29. The molecule has 0 aliphatic carbocycles. The molecule has 4 aromatic rings. The number of benzene rings is 3. The molecule has 1 aliphatic rings. The van der Waals surface area contributed by atoms with E-state index in [0.29, 0.717) is 5.56 Å². The van der Waals surface area contributed by atoms with Gasteiger partial charge in [0.15, 0.2) is 0 Å². The number of ether oxygens (including phenoxy) is 2. The second kappa shape index (κ2) is 8.38. The molecule has 0 bridgehead atoms. The molecular formula is C30H27NO3. The van der Waals surface area contributed by atoms with Crippen LogP contribution >= 0.6 is 0 Å². The highest BCUT2D eigenvalue weighted by molar-refractivity contribution is 5.90. The summed E-state index contributed by atoms with van der Waals surface area (Å²) in [5, 5.41) is 0. The van der Waals surface area contributed by atoms with Gasteiger partial charge in [-0.05, 0) is 91.6 Å². The fourth-order valence-electron chi connectivity index (χ4n) is 4.34. The number of H-pyrrole nitrogens is 1. The van der Waals surface area contributed by atoms with Gasteiger partial charge in [0, 0.05) is 17.0 Å². The molecule has 170 valence electrons. The molecule has 0 spiro atoms. The zero-order chi connectivity index (χ0) is 23.9. The van der Waals surface area contributed by atoms with Gasteiger partial charge in [-0.25, -0.2) is 4.79 Å². The van der Waals surface area contributed by atoms with Crippen LogP contribution in [0.1, 0.15) is 40.9 Å². The van der Waals surface area contributed by atoms with E-state index >= 15 is 0 Å². The number of carbonyl (C=O) groups excluding carboxylic acids is 1. The van der Waals surface area contributed by atoms with Crippen LogP contribution in [0, 0.1) is 6.92 Å². The lowest BCUT2D eigenvalue weighted by molar-refractivity contribution is 0.0600. The predicted molar refractivity (Wildman–Crippen MR) is 136 cm³/mol. The minimum absolute atomic E-state index is 0.337. The fraction of sp³-hybridized carbons (Fsp3) is 0.167. The van der Waals surface area contributed by atoms with Crippen molar-refractivity contribution in [1.29, 1.82) is 0 Å². The minimum Gasteiger partial charge on any atom is -0.483 e. The molecule has 1 aliphatic heterocycles. The van der Waals surface area contributed by atoms with Gasteiger partial charge in [0.2, 0.25) is 0 Å². The molecule has 34 heavy (non-hydrogen) atoms. The third-order valence-electron chi connectivity index (χ3n) is 6.11. The number of hydrogen-bond acceptors (Lipinski definition) is 3. The van der Waals surface area contributed by atoms with Gasteiger partial charge in [0.05, 0.1) is 12.7 Å². The van der Waals surface area contributed by atoms with Crippen molar-refractivity contribution in [2.45, 2.75) is 26.4 Å². The van der Waals surface area contributed by atoms with E-state index in [9.17, 15) is 4.79 Å². The molecule has 3 aromatic carbocycles. The van der Waals surface area contributed by atoms with Crippen LogP contribution in [0.15, 0.2) is 84.9 Å². The second-order valence-corrected chi connectivity index (χ2v) is 9.20. The van der Waals surface area contributed by atoms with Gasteiger partial charge in [-0.2, -0.15) is 0 Å². The lowest BCUT2D eigenvalue weighted by Gasteiger charge is -2.31. The van der Waals surface area contributed by atoms with Gasteiger partial charge in [0.25, 0.3) is 0 Å². The Kier molecular flexibility index (Phi) is 5.37. The van der Waals surface area contributed by atoms with Gasteiger partial charge >= 0.3 is 5.97 Å². The average molecular weight is 450 g/mol. The molecular weight excluding hydrogens is 422 g/mol. The molecule has 1 N–H and O–H groups in total. The quantitative estimate of drug-likeness (QED) is 0.340. The molecule has 4 nitrogen and oxygen atoms in total. The molecule has 5 rings (SSSR count). The van der Waals surface area contributed by atoms with Crippen molar-refractivity contribution >= 4 is 11.5 Å². The number of aromatic nitrogens is 1. The first-order chi connectivity index (χ1) is 16.3. The van der Waals surface area contributed by atoms with E-state index in [0.717, 1.165) is 33.8 Å². The van der Waals surface area contributed by atoms with E-state index in [-0.39, 0.29) is 11.6 Å². The first-order valence-electron chi connectivity index (χ1n) is 11.3. The van der Waals surface area contributed by atoms with Gasteiger partial charge in [-0.15, -0.1) is 0 Å². The zero-order valence-electron chi connectivity index (χ0n) is 19.8. The summed E-state index contributed by atoms with van der Waals surface area (Å²) in [5.41, 5.74) is 8.91. The van der Waals surface area contributed by atoms with Gasteiger partial charge in [0.1, 0.15) is 11.4 Å². The highest BCUT2D eigenvalue weighted by atomic mass is 16.5. The Morgan fingerprint density at radius 1 is 0.824 bits per heavy atom. The summed E-state index contributed by atoms with van der Waals surface area (Å²) in [7, 11) is 1.39. The molecule has 4 heteroatoms. The van der Waals surface area contributed by atoms with Crippen LogP contribution in [0.25, 0.3) is 28.1 Å². The molecule has 0 unspecified atom stereocenters. The smallest absolute Gasteiger partial charge is 0.337 e. The molecule has 0 saturated carbocycles. The van der Waals surface area contributed by atoms with Crippen molar-refractivity contribution in [2.75, 3.05) is 7.11 Å². The van der Waals surface area contributed by atoms with Gasteiger partial charge in [-0.3, -0.25) is 0 Å². The molecule has 1 aromatic heterocycles. The number of methoxy groups -OCH3 is 1. The Hall–Kier alpha value is -4.05. The van der Waals surface area contributed by atoms with E-state index in [2.05, 4.69) is 86.4 Å². The molecule has 2 heterocycles. The first kappa shape index (κ1) is 21.8. The largest absolute Gasteiger partial charge is 0.483 e. The van der Waals surface area contributed by atoms with Crippen molar-refractivity contribution < 1.29 is 14.3 Å². The summed E-state index contributed by atoms with van der Waals surface area (Å²) in [6, 6.07) is 26.5. The normalized spacial score (nSPS) is 14.1. The van der Waals surface area contributed by atoms with Gasteiger partial charge < -0.3 is 14.5 Å². The number of fused-ring (bicyclic) bond motifs is 1. The molecule has 0 saturated heterocycles. The summed E-state index contributed by atoms with van der Waals surface area (Å²) < 4.78 is 11.1. The third-order valence-corrected chi connectivity index (χ3v) is 6.11. The Labute approximate surface area is 199 Å². The van der Waals surface area contributed by atoms with Crippen LogP contribution in [0.2, 0.25) is 0 Å². The Balaban J connectivity index is 1.50. The number of nitrogens with one attached hydrogen (secondary N) is 1. The van der Waals surface area contributed by atoms with E-state index in [1.54, 1.807) is 12.1 Å². The van der Waals surface area contributed by atoms with E-state index in [1.165, 1.54) is 23.8 Å². The van der Waals surface area contributed by atoms with Crippen LogP contribution in [0.4, 0.5) is 0 Å². The number of aryl methyl sites for hydroxylation is 1. The lowest BCUT2D eigenvalue weighted by atomic mass is 9.88. The van der Waals surface area contributed by atoms with Crippen molar-refractivity contribution in [3.8, 4) is 28.3 Å². The van der Waals surface area contributed by atoms with Crippen LogP contribution in [-0.2, 0) is 4.74 Å². The average Bonchev–Trinajstić information content (AvgIpc) is 3.33. The molecule has 0 radical (unpaired) electrons. The van der Waals surface area contributed by atoms with E-state index < -0.39 is 0 Å². The molecule has 0 amide bonds. The van der Waals surface area contributed by atoms with Crippen molar-refractivity contribution in [3.05, 3.63) is 107 Å². The zero-order valence-corrected chi connectivity index (χ0v) is 19.8. The topological polar surface area (TPSA) is 51.3 Å². The Morgan fingerprint density at radius 2 is 1.44 bits per heavy atom. The maximum atomic E-state index is 11.7. The predicted octanol–water partition coefficient (Wildman–Crippen LogP) is 7.05. The minimum atomic E-state index is -0.384. The number of esters is 1. The van der Waals surface area contributed by atoms with Crippen LogP contribution < -0.4 is 4.74 Å². The van der Waals surface area contributed by atoms with Crippen LogP contribution in [0.3, 0.4) is 0 Å². The van der Waals surface area contributed by atoms with Crippen molar-refractivity contribution in [2.24, 2.45) is 0 Å². The standard InChI is InChI=1S/C30H27NO3/c1-19-5-7-20(8-6-19)25-18-30(2,3)34-28-16-13-23(17-24(25)28)27-15-14-26(31-27)21-9-11-22(12-10-21)29(32)33-4/h5-18,31H,1-4H3. The maximum absolute atomic E-state index is 11.7. The monoisotopic (exact) mass is 449 g/mol. The molecule has 0 atom stereocenters. The summed E-state index contributed by atoms with van der Waals surface area (Å²) in [6.45, 7) is 6.27. The summed E-state index contributed by atoms with van der Waals surface area (Å²) in [6.07, 6.45) is 2.20. The number of aromatic amines is 1. The second-order valence-electron chi connectivity index (χ2n) is 9.20. The number of rotatable bonds is 4. The molecule has 0 fully saturated rings. The summed E-state index contributed by atoms with van der Waals surface area (Å²) in [5.74, 6) is 0.549. The Morgan fingerprint density at radius 3 is 2.12 bits per heavy atom. The third kappa shape index (κ3) is 4.15. The number of carbonyl (C=O) groups is 1. The Bertz CT molecular complexity index is 1390. The van der Waals surface area contributed by atoms with Crippen LogP contribution in [0.5, 0.6) is 5.75 Å². The SMILES string of the molecule is COC(=O)c1ccc(-c2ccc(-c3ccc4c(c3)C(c3ccc(C)cc3)=CC(C)(C)O4)[nH]2)cc1. The summed E-state index contributed by atoms with van der Waals surface area (Å²) in [4.78, 5) is 15.2. The number of hydrogen-bond donors (Lipinski definition) is 1. The highest BCUT2D eigenvalue weighted by Gasteiger charge is 2.27. The summed E-state index contributed by atoms with van der Waals surface area (Å²) >= 11 is 0. The first-order valence-corrected chi connectivity index (χ1v) is 11.3. The van der Waals surface area contributed by atoms with Crippen molar-refractivity contribution in [3.63, 3.8) is 0 Å².